The topological polar surface area (TPSA) is 108 Å². The Morgan fingerprint density at radius 3 is 2.64 bits per heavy atom. The van der Waals surface area contributed by atoms with Crippen molar-refractivity contribution in [1.29, 1.82) is 0 Å². The molecule has 278 valence electrons. The molecule has 0 saturated heterocycles. The number of sulfonamides is 1. The normalized spacial score (nSPS) is 24.3. The average molecular weight is 732 g/mol. The van der Waals surface area contributed by atoms with Crippen LogP contribution in [0.4, 0.5) is 5.69 Å². The van der Waals surface area contributed by atoms with E-state index in [1.165, 1.54) is 11.1 Å². The summed E-state index contributed by atoms with van der Waals surface area (Å²) in [7, 11) is 0.0524. The Morgan fingerprint density at radius 1 is 1.20 bits per heavy atom. The van der Waals surface area contributed by atoms with Crippen molar-refractivity contribution in [3.05, 3.63) is 58.1 Å². The summed E-state index contributed by atoms with van der Waals surface area (Å²) in [5, 5.41) is 9.96. The van der Waals surface area contributed by atoms with Crippen LogP contribution < -0.4 is 14.4 Å². The number of halogens is 1. The summed E-state index contributed by atoms with van der Waals surface area (Å²) in [5.41, 5.74) is 3.00. The molecule has 6 atom stereocenters. The third kappa shape index (κ3) is 8.46. The van der Waals surface area contributed by atoms with Gasteiger partial charge in [-0.05, 0) is 132 Å². The number of likely N-dealkylation sites (N-methyl/N-ethyl adjacent to an activating group) is 1. The molecule has 1 aliphatic heterocycles. The van der Waals surface area contributed by atoms with Crippen LogP contribution in [-0.2, 0) is 26.6 Å². The summed E-state index contributed by atoms with van der Waals surface area (Å²) in [5.74, 6) is 0.953. The summed E-state index contributed by atoms with van der Waals surface area (Å²) in [6.07, 6.45) is 7.82. The Bertz CT molecular complexity index is 1600. The van der Waals surface area contributed by atoms with Crippen molar-refractivity contribution < 1.29 is 27.8 Å². The van der Waals surface area contributed by atoms with Crippen molar-refractivity contribution in [2.75, 3.05) is 58.5 Å². The molecule has 0 aromatic heterocycles. The number of carbonyl (C=O) groups excluding carboxylic acids is 1. The van der Waals surface area contributed by atoms with Gasteiger partial charge in [0.05, 0.1) is 36.3 Å². The average Bonchev–Trinajstić information content (AvgIpc) is 3.22. The van der Waals surface area contributed by atoms with Crippen molar-refractivity contribution in [2.24, 2.45) is 17.8 Å². The number of aliphatic hydroxyl groups excluding tert-OH is 1. The van der Waals surface area contributed by atoms with Crippen LogP contribution in [0.2, 0.25) is 5.02 Å². The lowest BCUT2D eigenvalue weighted by atomic mass is 9.69. The monoisotopic (exact) mass is 731 g/mol. The standard InChI is InChI=1S/C39H58ClN3O6S/c1-7-9-27(2)28(3)50(46,47)41-37(45)31-13-16-36-35(21-31)43(22-32-12-11-29(32)17-19-48-25-38(4,24-44)42(5)6)23-39(26-49-36)18-8-10-30-20-33(40)14-15-34(30)39/h13-16,20-21,27-29,32,44H,7-12,17-19,22-26H2,1-6H3,(H,41,45)/t27?,28?,29?,32?,38-,39-/m0/s1. The van der Waals surface area contributed by atoms with Gasteiger partial charge in [0.25, 0.3) is 5.91 Å². The van der Waals surface area contributed by atoms with E-state index in [2.05, 4.69) is 21.8 Å². The minimum atomic E-state index is -3.86. The number of ether oxygens (including phenoxy) is 2. The number of carbonyl (C=O) groups is 1. The number of aryl methyl sites for hydroxylation is 1. The van der Waals surface area contributed by atoms with Crippen LogP contribution in [-0.4, -0.2) is 88.7 Å². The molecule has 1 spiro atoms. The molecular formula is C39H58ClN3O6S. The van der Waals surface area contributed by atoms with Gasteiger partial charge >= 0.3 is 0 Å². The van der Waals surface area contributed by atoms with Crippen LogP contribution in [0.1, 0.15) is 94.1 Å². The highest BCUT2D eigenvalue weighted by molar-refractivity contribution is 7.90. The maximum Gasteiger partial charge on any atom is 0.264 e. The Labute approximate surface area is 305 Å². The number of amides is 1. The van der Waals surface area contributed by atoms with Crippen LogP contribution in [0.3, 0.4) is 0 Å². The molecule has 1 heterocycles. The predicted molar refractivity (Wildman–Crippen MR) is 201 cm³/mol. The maximum atomic E-state index is 13.5. The summed E-state index contributed by atoms with van der Waals surface area (Å²) in [4.78, 5) is 17.9. The van der Waals surface area contributed by atoms with Crippen molar-refractivity contribution >= 4 is 33.2 Å². The molecule has 3 aliphatic rings. The predicted octanol–water partition coefficient (Wildman–Crippen LogP) is 6.44. The first kappa shape index (κ1) is 38.9. The van der Waals surface area contributed by atoms with E-state index in [0.717, 1.165) is 75.2 Å². The van der Waals surface area contributed by atoms with Crippen LogP contribution in [0.25, 0.3) is 0 Å². The Balaban J connectivity index is 1.39. The molecule has 50 heavy (non-hydrogen) atoms. The van der Waals surface area contributed by atoms with Gasteiger partial charge in [-0.2, -0.15) is 0 Å². The number of rotatable bonds is 15. The lowest BCUT2D eigenvalue weighted by Crippen LogP contribution is -2.49. The van der Waals surface area contributed by atoms with Crippen LogP contribution in [0, 0.1) is 17.8 Å². The highest BCUT2D eigenvalue weighted by Crippen LogP contribution is 2.46. The van der Waals surface area contributed by atoms with E-state index in [0.29, 0.717) is 43.0 Å². The summed E-state index contributed by atoms with van der Waals surface area (Å²) in [6.45, 7) is 10.8. The fourth-order valence-corrected chi connectivity index (χ4v) is 9.42. The molecule has 5 rings (SSSR count). The largest absolute Gasteiger partial charge is 0.490 e. The van der Waals surface area contributed by atoms with E-state index in [-0.39, 0.29) is 17.9 Å². The molecule has 1 saturated carbocycles. The summed E-state index contributed by atoms with van der Waals surface area (Å²) in [6, 6.07) is 11.5. The van der Waals surface area contributed by atoms with Gasteiger partial charge in [-0.1, -0.05) is 37.9 Å². The van der Waals surface area contributed by atoms with E-state index in [9.17, 15) is 18.3 Å². The molecule has 4 unspecified atom stereocenters. The quantitative estimate of drug-likeness (QED) is 0.202. The van der Waals surface area contributed by atoms with Crippen molar-refractivity contribution in [2.45, 2.75) is 95.3 Å². The second-order valence-electron chi connectivity index (χ2n) is 15.7. The number of hydrogen-bond acceptors (Lipinski definition) is 8. The third-order valence-corrected chi connectivity index (χ3v) is 14.2. The number of anilines is 1. The highest BCUT2D eigenvalue weighted by Gasteiger charge is 2.43. The maximum absolute atomic E-state index is 13.5. The second kappa shape index (κ2) is 16.1. The molecule has 0 bridgehead atoms. The van der Waals surface area contributed by atoms with E-state index >= 15 is 0 Å². The highest BCUT2D eigenvalue weighted by atomic mass is 35.5. The number of nitrogens with one attached hydrogen (secondary N) is 1. The molecule has 0 radical (unpaired) electrons. The molecule has 2 aromatic carbocycles. The number of aliphatic hydroxyl groups is 1. The smallest absolute Gasteiger partial charge is 0.264 e. The van der Waals surface area contributed by atoms with Crippen molar-refractivity contribution in [1.82, 2.24) is 9.62 Å². The zero-order chi connectivity index (χ0) is 36.3. The van der Waals surface area contributed by atoms with E-state index < -0.39 is 26.7 Å². The van der Waals surface area contributed by atoms with E-state index in [1.807, 2.05) is 58.0 Å². The molecule has 2 aromatic rings. The van der Waals surface area contributed by atoms with Gasteiger partial charge in [0.2, 0.25) is 10.0 Å². The molecule has 9 nitrogen and oxygen atoms in total. The molecule has 1 amide bonds. The fraction of sp³-hybridized carbons (Fsp3) is 0.667. The summed E-state index contributed by atoms with van der Waals surface area (Å²) < 4.78 is 41.5. The SMILES string of the molecule is CCCC(C)C(C)S(=O)(=O)NC(=O)c1ccc2c(c1)N(CC1CCC1CCOC[C@](C)(CO)N(C)C)C[C@@]1(CCCc3cc(Cl)ccc31)CO2. The van der Waals surface area contributed by atoms with E-state index in [1.54, 1.807) is 13.0 Å². The number of nitrogens with zero attached hydrogens (tertiary/aromatic N) is 2. The van der Waals surface area contributed by atoms with Gasteiger partial charge < -0.3 is 19.5 Å². The second-order valence-corrected chi connectivity index (χ2v) is 18.2. The fourth-order valence-electron chi connectivity index (χ4n) is 7.92. The Kier molecular flexibility index (Phi) is 12.5. The minimum absolute atomic E-state index is 0.0303. The zero-order valence-electron chi connectivity index (χ0n) is 30.8. The van der Waals surface area contributed by atoms with E-state index in [4.69, 9.17) is 21.1 Å². The minimum Gasteiger partial charge on any atom is -0.490 e. The van der Waals surface area contributed by atoms with Gasteiger partial charge in [-0.3, -0.25) is 9.69 Å². The van der Waals surface area contributed by atoms with Crippen molar-refractivity contribution in [3.8, 4) is 5.75 Å². The molecule has 2 N–H and O–H groups in total. The van der Waals surface area contributed by atoms with Crippen molar-refractivity contribution in [3.63, 3.8) is 0 Å². The first-order chi connectivity index (χ1) is 23.7. The third-order valence-electron chi connectivity index (χ3n) is 12.1. The Morgan fingerprint density at radius 2 is 1.96 bits per heavy atom. The first-order valence-corrected chi connectivity index (χ1v) is 20.4. The first-order valence-electron chi connectivity index (χ1n) is 18.4. The Hall–Kier alpha value is -2.37. The number of benzene rings is 2. The van der Waals surface area contributed by atoms with Crippen LogP contribution in [0.5, 0.6) is 5.75 Å². The lowest BCUT2D eigenvalue weighted by Gasteiger charge is -2.44. The van der Waals surface area contributed by atoms with Gasteiger partial charge in [-0.25, -0.2) is 13.1 Å². The number of fused-ring (bicyclic) bond motifs is 3. The lowest BCUT2D eigenvalue weighted by molar-refractivity contribution is -0.0162. The molecule has 11 heteroatoms. The molecule has 2 aliphatic carbocycles. The van der Waals surface area contributed by atoms with Gasteiger partial charge in [-0.15, -0.1) is 0 Å². The van der Waals surface area contributed by atoms with Crippen LogP contribution in [0.15, 0.2) is 36.4 Å². The molecule has 1 fully saturated rings. The summed E-state index contributed by atoms with van der Waals surface area (Å²) >= 11 is 6.45. The van der Waals surface area contributed by atoms with Gasteiger partial charge in [0, 0.05) is 35.7 Å². The number of hydrogen-bond donors (Lipinski definition) is 2. The van der Waals surface area contributed by atoms with Gasteiger partial charge in [0.15, 0.2) is 0 Å². The molecular weight excluding hydrogens is 674 g/mol. The van der Waals surface area contributed by atoms with Gasteiger partial charge in [0.1, 0.15) is 5.75 Å². The van der Waals surface area contributed by atoms with Crippen LogP contribution >= 0.6 is 11.6 Å². The zero-order valence-corrected chi connectivity index (χ0v) is 32.4.